The lowest BCUT2D eigenvalue weighted by Gasteiger charge is -2.40. The van der Waals surface area contributed by atoms with Crippen molar-refractivity contribution in [1.82, 2.24) is 0 Å². The molecule has 1 nitrogen and oxygen atoms in total. The van der Waals surface area contributed by atoms with E-state index in [0.717, 1.165) is 0 Å². The minimum Gasteiger partial charge on any atom is -0.471 e. The quantitative estimate of drug-likeness (QED) is 0.663. The minimum absolute atomic E-state index is 0.464. The first-order valence-electron chi connectivity index (χ1n) is 6.68. The molecule has 2 atom stereocenters. The Morgan fingerprint density at radius 3 is 2.68 bits per heavy atom. The average Bonchev–Trinajstić information content (AvgIpc) is 2.92. The van der Waals surface area contributed by atoms with Gasteiger partial charge in [0.2, 0.25) is 0 Å². The van der Waals surface area contributed by atoms with Gasteiger partial charge in [-0.3, -0.25) is 0 Å². The van der Waals surface area contributed by atoms with Gasteiger partial charge in [-0.25, -0.2) is 0 Å². The van der Waals surface area contributed by atoms with E-state index in [2.05, 4.69) is 48.6 Å². The highest BCUT2D eigenvalue weighted by atomic mass is 16.3. The van der Waals surface area contributed by atoms with E-state index in [9.17, 15) is 0 Å². The fourth-order valence-corrected chi connectivity index (χ4v) is 3.74. The van der Waals surface area contributed by atoms with Crippen LogP contribution in [0.1, 0.15) is 11.1 Å². The van der Waals surface area contributed by atoms with E-state index in [-0.39, 0.29) is 0 Å². The van der Waals surface area contributed by atoms with Crippen LogP contribution in [0.2, 0.25) is 0 Å². The lowest BCUT2D eigenvalue weighted by Crippen LogP contribution is -2.28. The van der Waals surface area contributed by atoms with Crippen molar-refractivity contribution in [3.8, 4) is 0 Å². The monoisotopic (exact) mass is 244 g/mol. The van der Waals surface area contributed by atoms with Crippen LogP contribution in [-0.2, 0) is 0 Å². The maximum Gasteiger partial charge on any atom is 0.0984 e. The van der Waals surface area contributed by atoms with E-state index in [1.54, 1.807) is 0 Å². The molecule has 5 rings (SSSR count). The largest absolute Gasteiger partial charge is 0.471 e. The van der Waals surface area contributed by atoms with E-state index >= 15 is 0 Å². The molecule has 1 heteroatoms. The van der Waals surface area contributed by atoms with Gasteiger partial charge in [-0.05, 0) is 28.4 Å². The molecule has 0 amide bonds. The van der Waals surface area contributed by atoms with Crippen LogP contribution in [0.3, 0.4) is 0 Å². The van der Waals surface area contributed by atoms with Crippen molar-refractivity contribution in [3.05, 3.63) is 82.9 Å². The number of furan rings is 1. The van der Waals surface area contributed by atoms with E-state index in [1.807, 2.05) is 12.5 Å². The predicted octanol–water partition coefficient (Wildman–Crippen LogP) is 4.30. The molecule has 1 aromatic heterocycles. The third kappa shape index (κ3) is 1.11. The van der Waals surface area contributed by atoms with E-state index in [0.29, 0.717) is 11.8 Å². The second kappa shape index (κ2) is 3.18. The van der Waals surface area contributed by atoms with Gasteiger partial charge < -0.3 is 4.42 Å². The van der Waals surface area contributed by atoms with Gasteiger partial charge >= 0.3 is 0 Å². The third-order valence-corrected chi connectivity index (χ3v) is 4.57. The van der Waals surface area contributed by atoms with Crippen molar-refractivity contribution in [2.45, 2.75) is 0 Å². The molecule has 0 aromatic carbocycles. The normalized spacial score (nSPS) is 28.8. The zero-order valence-corrected chi connectivity index (χ0v) is 10.3. The first kappa shape index (κ1) is 9.62. The molecule has 0 aliphatic heterocycles. The molecule has 0 bridgehead atoms. The molecule has 0 radical (unpaired) electrons. The first-order chi connectivity index (χ1) is 9.42. The Morgan fingerprint density at radius 2 is 1.68 bits per heavy atom. The number of allylic oxidation sites excluding steroid dienone is 11. The average molecular weight is 244 g/mol. The number of rotatable bonds is 0. The molecule has 0 N–H and O–H groups in total. The van der Waals surface area contributed by atoms with Crippen molar-refractivity contribution in [1.29, 1.82) is 0 Å². The number of hydrogen-bond donors (Lipinski definition) is 0. The first-order valence-corrected chi connectivity index (χ1v) is 6.68. The summed E-state index contributed by atoms with van der Waals surface area (Å²) < 4.78 is 5.40. The second-order valence-corrected chi connectivity index (χ2v) is 5.49. The molecule has 0 fully saturated rings. The summed E-state index contributed by atoms with van der Waals surface area (Å²) >= 11 is 0. The Kier molecular flexibility index (Phi) is 1.61. The van der Waals surface area contributed by atoms with Crippen LogP contribution in [0.4, 0.5) is 0 Å². The molecule has 1 aromatic rings. The van der Waals surface area contributed by atoms with Crippen molar-refractivity contribution in [3.63, 3.8) is 0 Å². The van der Waals surface area contributed by atoms with Crippen molar-refractivity contribution in [2.24, 2.45) is 11.8 Å². The van der Waals surface area contributed by atoms with Gasteiger partial charge in [0.1, 0.15) is 0 Å². The Balaban J connectivity index is 1.87. The summed E-state index contributed by atoms with van der Waals surface area (Å²) in [5.74, 6) is 0.954. The highest BCUT2D eigenvalue weighted by Gasteiger charge is 2.39. The maximum absolute atomic E-state index is 5.40. The zero-order valence-electron chi connectivity index (χ0n) is 10.3. The number of fused-ring (bicyclic) bond motifs is 2. The highest BCUT2D eigenvalue weighted by Crippen LogP contribution is 2.52. The van der Waals surface area contributed by atoms with Gasteiger partial charge in [-0.15, -0.1) is 0 Å². The summed E-state index contributed by atoms with van der Waals surface area (Å²) in [6.45, 7) is 0. The van der Waals surface area contributed by atoms with Crippen LogP contribution in [0.25, 0.3) is 11.6 Å². The molecule has 0 spiro atoms. The van der Waals surface area contributed by atoms with Crippen molar-refractivity contribution < 1.29 is 4.42 Å². The van der Waals surface area contributed by atoms with Crippen LogP contribution in [0, 0.1) is 11.8 Å². The Labute approximate surface area is 111 Å². The number of hydrogen-bond acceptors (Lipinski definition) is 1. The van der Waals surface area contributed by atoms with Gasteiger partial charge in [-0.2, -0.15) is 0 Å². The molecule has 0 unspecified atom stereocenters. The summed E-state index contributed by atoms with van der Waals surface area (Å²) in [6, 6.07) is 0. The maximum atomic E-state index is 5.40. The van der Waals surface area contributed by atoms with Gasteiger partial charge in [0.05, 0.1) is 12.5 Å². The minimum atomic E-state index is 0.464. The summed E-state index contributed by atoms with van der Waals surface area (Å²) in [5.41, 5.74) is 8.12. The molecule has 4 aliphatic rings. The topological polar surface area (TPSA) is 13.1 Å². The van der Waals surface area contributed by atoms with E-state index in [1.165, 1.54) is 33.4 Å². The molecule has 0 saturated carbocycles. The van der Waals surface area contributed by atoms with Crippen molar-refractivity contribution >= 4 is 11.6 Å². The van der Waals surface area contributed by atoms with Crippen LogP contribution in [-0.4, -0.2) is 0 Å². The summed E-state index contributed by atoms with van der Waals surface area (Å²) in [4.78, 5) is 0. The molecule has 19 heavy (non-hydrogen) atoms. The molecular weight excluding hydrogens is 232 g/mol. The van der Waals surface area contributed by atoms with Gasteiger partial charge in [0, 0.05) is 23.0 Å². The van der Waals surface area contributed by atoms with Crippen LogP contribution in [0.15, 0.2) is 76.2 Å². The zero-order chi connectivity index (χ0) is 12.4. The standard InChI is InChI=1S/C18H12O/c1-2-11-4-5-13-8-14-9-19-10-16(14)15-7-6-12(3-1)17(11)18(13)15/h1-10,17-18H/t17-,18-/m0/s1. The fourth-order valence-electron chi connectivity index (χ4n) is 3.74. The molecule has 4 aliphatic carbocycles. The lowest BCUT2D eigenvalue weighted by atomic mass is 9.63. The highest BCUT2D eigenvalue weighted by molar-refractivity contribution is 5.87. The Bertz CT molecular complexity index is 774. The van der Waals surface area contributed by atoms with Gasteiger partial charge in [0.25, 0.3) is 0 Å². The summed E-state index contributed by atoms with van der Waals surface area (Å²) in [7, 11) is 0. The smallest absolute Gasteiger partial charge is 0.0984 e. The predicted molar refractivity (Wildman–Crippen MR) is 76.1 cm³/mol. The fraction of sp³-hybridized carbons (Fsp3) is 0.111. The van der Waals surface area contributed by atoms with Crippen LogP contribution in [0.5, 0.6) is 0 Å². The summed E-state index contributed by atoms with van der Waals surface area (Å²) in [5, 5.41) is 0. The van der Waals surface area contributed by atoms with Gasteiger partial charge in [0.15, 0.2) is 0 Å². The molecule has 90 valence electrons. The van der Waals surface area contributed by atoms with E-state index < -0.39 is 0 Å². The summed E-state index contributed by atoms with van der Waals surface area (Å²) in [6.07, 6.45) is 21.7. The van der Waals surface area contributed by atoms with Crippen LogP contribution < -0.4 is 0 Å². The SMILES string of the molecule is C1=CC2=CC=C3c4cocc4C=C4C=CC(=C1)[C@@H]2[C@@H]43. The Morgan fingerprint density at radius 1 is 0.789 bits per heavy atom. The van der Waals surface area contributed by atoms with Crippen LogP contribution >= 0.6 is 0 Å². The molecule has 0 saturated heterocycles. The van der Waals surface area contributed by atoms with Gasteiger partial charge in [-0.1, -0.05) is 42.5 Å². The Hall–Kier alpha value is -2.28. The van der Waals surface area contributed by atoms with Crippen molar-refractivity contribution in [2.75, 3.05) is 0 Å². The van der Waals surface area contributed by atoms with E-state index in [4.69, 9.17) is 4.42 Å². The second-order valence-electron chi connectivity index (χ2n) is 5.49. The third-order valence-electron chi connectivity index (χ3n) is 4.57. The molecular formula is C18H12O. The lowest BCUT2D eigenvalue weighted by molar-refractivity contribution is 0.564. The molecule has 1 heterocycles.